The van der Waals surface area contributed by atoms with Crippen LogP contribution in [0.3, 0.4) is 0 Å². The van der Waals surface area contributed by atoms with Crippen LogP contribution in [0.4, 0.5) is 0 Å². The van der Waals surface area contributed by atoms with Crippen molar-refractivity contribution < 1.29 is 9.84 Å². The number of piperidine rings is 1. The minimum absolute atomic E-state index is 0.0199. The lowest BCUT2D eigenvalue weighted by atomic mass is 9.84. The van der Waals surface area contributed by atoms with Crippen molar-refractivity contribution >= 4 is 0 Å². The monoisotopic (exact) mass is 219 g/mol. The third-order valence-corrected chi connectivity index (χ3v) is 3.74. The summed E-state index contributed by atoms with van der Waals surface area (Å²) >= 11 is 0. The van der Waals surface area contributed by atoms with Crippen molar-refractivity contribution in [2.75, 3.05) is 13.1 Å². The first-order chi connectivity index (χ1) is 7.77. The van der Waals surface area contributed by atoms with E-state index in [1.165, 1.54) is 5.56 Å². The zero-order valence-corrected chi connectivity index (χ0v) is 9.33. The molecule has 0 amide bonds. The van der Waals surface area contributed by atoms with Crippen molar-refractivity contribution in [1.29, 1.82) is 0 Å². The Bertz CT molecular complexity index is 397. The molecule has 0 aliphatic carbocycles. The van der Waals surface area contributed by atoms with Gasteiger partial charge in [0.15, 0.2) is 0 Å². The number of ether oxygens (including phenoxy) is 1. The summed E-state index contributed by atoms with van der Waals surface area (Å²) in [7, 11) is 0. The van der Waals surface area contributed by atoms with Gasteiger partial charge in [0.1, 0.15) is 17.1 Å². The van der Waals surface area contributed by atoms with Crippen LogP contribution in [0.15, 0.2) is 18.2 Å². The third kappa shape index (κ3) is 1.65. The maximum absolute atomic E-state index is 9.48. The molecule has 16 heavy (non-hydrogen) atoms. The van der Waals surface area contributed by atoms with E-state index in [2.05, 4.69) is 5.32 Å². The van der Waals surface area contributed by atoms with Crippen molar-refractivity contribution in [3.8, 4) is 11.5 Å². The Hall–Kier alpha value is -1.22. The van der Waals surface area contributed by atoms with E-state index in [-0.39, 0.29) is 5.60 Å². The number of rotatable bonds is 0. The molecule has 1 spiro atoms. The number of aryl methyl sites for hydroxylation is 1. The first-order valence-corrected chi connectivity index (χ1v) is 5.99. The van der Waals surface area contributed by atoms with Crippen LogP contribution in [0.2, 0.25) is 0 Å². The Morgan fingerprint density at radius 1 is 1.19 bits per heavy atom. The van der Waals surface area contributed by atoms with E-state index in [1.54, 1.807) is 12.1 Å². The molecule has 2 heterocycles. The molecule has 2 aliphatic rings. The van der Waals surface area contributed by atoms with Crippen molar-refractivity contribution in [2.45, 2.75) is 31.3 Å². The third-order valence-electron chi connectivity index (χ3n) is 3.74. The van der Waals surface area contributed by atoms with Gasteiger partial charge in [-0.05, 0) is 50.4 Å². The molecule has 1 fully saturated rings. The minimum atomic E-state index is 0.0199. The van der Waals surface area contributed by atoms with E-state index in [0.29, 0.717) is 5.75 Å². The molecule has 2 N–H and O–H groups in total. The van der Waals surface area contributed by atoms with Gasteiger partial charge in [0, 0.05) is 6.07 Å². The number of hydrogen-bond acceptors (Lipinski definition) is 3. The van der Waals surface area contributed by atoms with Gasteiger partial charge in [-0.3, -0.25) is 0 Å². The molecule has 86 valence electrons. The lowest BCUT2D eigenvalue weighted by Crippen LogP contribution is -2.48. The molecule has 0 bridgehead atoms. The minimum Gasteiger partial charge on any atom is -0.508 e. The molecule has 1 saturated heterocycles. The highest BCUT2D eigenvalue weighted by atomic mass is 16.5. The second-order valence-electron chi connectivity index (χ2n) is 4.83. The number of phenolic OH excluding ortho intramolecular Hbond substituents is 1. The standard InChI is InChI=1S/C13H17NO2/c15-11-2-1-10-3-4-13(16-12(10)9-11)5-7-14-8-6-13/h1-2,9,14-15H,3-8H2. The summed E-state index contributed by atoms with van der Waals surface area (Å²) in [5.74, 6) is 1.18. The molecule has 3 heteroatoms. The molecule has 3 rings (SSSR count). The number of benzene rings is 1. The smallest absolute Gasteiger partial charge is 0.127 e. The summed E-state index contributed by atoms with van der Waals surface area (Å²) < 4.78 is 6.14. The molecule has 1 aromatic rings. The van der Waals surface area contributed by atoms with Crippen LogP contribution in [-0.2, 0) is 6.42 Å². The van der Waals surface area contributed by atoms with Gasteiger partial charge in [0.25, 0.3) is 0 Å². The second-order valence-corrected chi connectivity index (χ2v) is 4.83. The van der Waals surface area contributed by atoms with Crippen molar-refractivity contribution in [2.24, 2.45) is 0 Å². The summed E-state index contributed by atoms with van der Waals surface area (Å²) in [6.45, 7) is 2.07. The molecular formula is C13H17NO2. The summed E-state index contributed by atoms with van der Waals surface area (Å²) in [4.78, 5) is 0. The predicted octanol–water partition coefficient (Wildman–Crippen LogP) is 1.84. The fourth-order valence-electron chi connectivity index (χ4n) is 2.73. The Morgan fingerprint density at radius 2 is 2.00 bits per heavy atom. The summed E-state index contributed by atoms with van der Waals surface area (Å²) in [5.41, 5.74) is 1.24. The highest BCUT2D eigenvalue weighted by Crippen LogP contribution is 2.39. The molecule has 0 aromatic heterocycles. The van der Waals surface area contributed by atoms with Crippen LogP contribution in [0, 0.1) is 0 Å². The average molecular weight is 219 g/mol. The molecular weight excluding hydrogens is 202 g/mol. The molecule has 0 unspecified atom stereocenters. The Kier molecular flexibility index (Phi) is 2.28. The molecule has 1 aromatic carbocycles. The van der Waals surface area contributed by atoms with Gasteiger partial charge < -0.3 is 15.2 Å². The van der Waals surface area contributed by atoms with E-state index < -0.39 is 0 Å². The summed E-state index contributed by atoms with van der Waals surface area (Å²) in [5, 5.41) is 12.8. The lowest BCUT2D eigenvalue weighted by molar-refractivity contribution is 0.0168. The lowest BCUT2D eigenvalue weighted by Gasteiger charge is -2.41. The SMILES string of the molecule is Oc1ccc2c(c1)OC1(CCNCC1)CC2. The summed E-state index contributed by atoms with van der Waals surface area (Å²) in [6.07, 6.45) is 4.31. The van der Waals surface area contributed by atoms with Crippen LogP contribution in [0.5, 0.6) is 11.5 Å². The maximum atomic E-state index is 9.48. The van der Waals surface area contributed by atoms with Crippen LogP contribution in [-0.4, -0.2) is 23.8 Å². The van der Waals surface area contributed by atoms with Gasteiger partial charge in [0.2, 0.25) is 0 Å². The largest absolute Gasteiger partial charge is 0.508 e. The van der Waals surface area contributed by atoms with Crippen LogP contribution in [0.25, 0.3) is 0 Å². The van der Waals surface area contributed by atoms with Crippen molar-refractivity contribution in [3.05, 3.63) is 23.8 Å². The second kappa shape index (κ2) is 3.67. The Labute approximate surface area is 95.4 Å². The molecule has 0 saturated carbocycles. The maximum Gasteiger partial charge on any atom is 0.127 e. The number of hydrogen-bond donors (Lipinski definition) is 2. The van der Waals surface area contributed by atoms with E-state index in [1.807, 2.05) is 6.07 Å². The van der Waals surface area contributed by atoms with Crippen molar-refractivity contribution in [1.82, 2.24) is 5.32 Å². The highest BCUT2D eigenvalue weighted by molar-refractivity contribution is 5.42. The van der Waals surface area contributed by atoms with Crippen LogP contribution >= 0.6 is 0 Å². The molecule has 0 radical (unpaired) electrons. The Morgan fingerprint density at radius 3 is 2.81 bits per heavy atom. The van der Waals surface area contributed by atoms with Crippen LogP contribution in [0.1, 0.15) is 24.8 Å². The quantitative estimate of drug-likeness (QED) is 0.699. The number of phenols is 1. The van der Waals surface area contributed by atoms with Crippen LogP contribution < -0.4 is 10.1 Å². The molecule has 2 aliphatic heterocycles. The predicted molar refractivity (Wildman–Crippen MR) is 61.9 cm³/mol. The molecule has 0 atom stereocenters. The zero-order chi connectivity index (χ0) is 11.0. The zero-order valence-electron chi connectivity index (χ0n) is 9.33. The van der Waals surface area contributed by atoms with Gasteiger partial charge in [-0.2, -0.15) is 0 Å². The first-order valence-electron chi connectivity index (χ1n) is 5.99. The molecule has 3 nitrogen and oxygen atoms in total. The van der Waals surface area contributed by atoms with Gasteiger partial charge >= 0.3 is 0 Å². The summed E-state index contributed by atoms with van der Waals surface area (Å²) in [6, 6.07) is 5.46. The van der Waals surface area contributed by atoms with E-state index in [9.17, 15) is 5.11 Å². The van der Waals surface area contributed by atoms with Gasteiger partial charge in [0.05, 0.1) is 0 Å². The first kappa shape index (κ1) is 9.97. The van der Waals surface area contributed by atoms with E-state index >= 15 is 0 Å². The Balaban J connectivity index is 1.89. The average Bonchev–Trinajstić information content (AvgIpc) is 2.29. The van der Waals surface area contributed by atoms with E-state index in [4.69, 9.17) is 4.74 Å². The number of fused-ring (bicyclic) bond motifs is 1. The van der Waals surface area contributed by atoms with E-state index in [0.717, 1.165) is 44.5 Å². The van der Waals surface area contributed by atoms with Crippen molar-refractivity contribution in [3.63, 3.8) is 0 Å². The number of nitrogens with one attached hydrogen (secondary N) is 1. The topological polar surface area (TPSA) is 41.5 Å². The van der Waals surface area contributed by atoms with Gasteiger partial charge in [-0.1, -0.05) is 6.07 Å². The number of aromatic hydroxyl groups is 1. The normalized spacial score (nSPS) is 22.5. The highest BCUT2D eigenvalue weighted by Gasteiger charge is 2.37. The fourth-order valence-corrected chi connectivity index (χ4v) is 2.73. The van der Waals surface area contributed by atoms with Gasteiger partial charge in [-0.15, -0.1) is 0 Å². The van der Waals surface area contributed by atoms with Gasteiger partial charge in [-0.25, -0.2) is 0 Å². The fraction of sp³-hybridized carbons (Fsp3) is 0.538.